The largest absolute Gasteiger partial charge is 0.399 e. The van der Waals surface area contributed by atoms with Crippen molar-refractivity contribution < 1.29 is 0 Å². The molecule has 1 rings (SSSR count). The predicted molar refractivity (Wildman–Crippen MR) is 50.3 cm³/mol. The van der Waals surface area contributed by atoms with Crippen molar-refractivity contribution >= 4 is 11.8 Å². The van der Waals surface area contributed by atoms with Gasteiger partial charge >= 0.3 is 0 Å². The predicted octanol–water partition coefficient (Wildman–Crippen LogP) is 2.47. The zero-order valence-electron chi connectivity index (χ0n) is 6.80. The summed E-state index contributed by atoms with van der Waals surface area (Å²) < 4.78 is 0. The van der Waals surface area contributed by atoms with Gasteiger partial charge in [-0.3, -0.25) is 0 Å². The van der Waals surface area contributed by atoms with E-state index in [9.17, 15) is 0 Å². The van der Waals surface area contributed by atoms with Crippen molar-refractivity contribution in [3.63, 3.8) is 0 Å². The summed E-state index contributed by atoms with van der Waals surface area (Å²) in [4.78, 5) is 0. The van der Waals surface area contributed by atoms with Gasteiger partial charge in [-0.05, 0) is 29.7 Å². The van der Waals surface area contributed by atoms with Crippen LogP contribution in [0.25, 0.3) is 6.08 Å². The molecular formula is C10H13N. The fourth-order valence-corrected chi connectivity index (χ4v) is 1.13. The van der Waals surface area contributed by atoms with E-state index in [4.69, 9.17) is 5.73 Å². The number of rotatable bonds is 2. The van der Waals surface area contributed by atoms with Gasteiger partial charge < -0.3 is 5.73 Å². The van der Waals surface area contributed by atoms with Gasteiger partial charge in [0.25, 0.3) is 0 Å². The molecule has 2 N–H and O–H groups in total. The van der Waals surface area contributed by atoms with Crippen LogP contribution in [0, 0.1) is 0 Å². The van der Waals surface area contributed by atoms with Crippen molar-refractivity contribution in [2.24, 2.45) is 0 Å². The molecule has 0 aliphatic heterocycles. The lowest BCUT2D eigenvalue weighted by atomic mass is 10.0. The molecule has 0 aliphatic carbocycles. The highest BCUT2D eigenvalue weighted by molar-refractivity contribution is 5.57. The number of anilines is 1. The molecule has 0 heterocycles. The van der Waals surface area contributed by atoms with Gasteiger partial charge in [0.05, 0.1) is 0 Å². The number of hydrogen-bond donors (Lipinski definition) is 1. The Labute approximate surface area is 67.5 Å². The Morgan fingerprint density at radius 1 is 1.55 bits per heavy atom. The number of nitrogen functional groups attached to an aromatic ring is 1. The van der Waals surface area contributed by atoms with Crippen LogP contribution in [0.5, 0.6) is 0 Å². The second-order valence-electron chi connectivity index (χ2n) is 2.52. The molecule has 0 radical (unpaired) electrons. The highest BCUT2D eigenvalue weighted by Crippen LogP contribution is 2.14. The highest BCUT2D eigenvalue weighted by atomic mass is 14.5. The summed E-state index contributed by atoms with van der Waals surface area (Å²) in [5, 5.41) is 0. The van der Waals surface area contributed by atoms with Crippen LogP contribution in [-0.2, 0) is 6.42 Å². The first-order valence-electron chi connectivity index (χ1n) is 3.78. The fourth-order valence-electron chi connectivity index (χ4n) is 1.13. The Morgan fingerprint density at radius 2 is 2.27 bits per heavy atom. The average Bonchev–Trinajstić information content (AvgIpc) is 2.04. The van der Waals surface area contributed by atoms with Crippen molar-refractivity contribution in [1.29, 1.82) is 0 Å². The van der Waals surface area contributed by atoms with Crippen molar-refractivity contribution in [2.75, 3.05) is 5.73 Å². The lowest BCUT2D eigenvalue weighted by Gasteiger charge is -2.03. The smallest absolute Gasteiger partial charge is 0.0317 e. The molecule has 0 bridgehead atoms. The lowest BCUT2D eigenvalue weighted by Crippen LogP contribution is -1.90. The summed E-state index contributed by atoms with van der Waals surface area (Å²) in [6.45, 7) is 5.84. The van der Waals surface area contributed by atoms with Gasteiger partial charge in [-0.1, -0.05) is 25.6 Å². The molecule has 0 fully saturated rings. The summed E-state index contributed by atoms with van der Waals surface area (Å²) in [5.41, 5.74) is 8.90. The maximum atomic E-state index is 5.62. The molecule has 1 nitrogen and oxygen atoms in total. The van der Waals surface area contributed by atoms with E-state index in [1.165, 1.54) is 11.1 Å². The third kappa shape index (κ3) is 1.61. The minimum absolute atomic E-state index is 0.826. The van der Waals surface area contributed by atoms with E-state index in [1.54, 1.807) is 0 Å². The van der Waals surface area contributed by atoms with Crippen LogP contribution in [0.15, 0.2) is 24.8 Å². The van der Waals surface area contributed by atoms with Gasteiger partial charge in [0.2, 0.25) is 0 Å². The van der Waals surface area contributed by atoms with Crippen molar-refractivity contribution in [2.45, 2.75) is 13.3 Å². The van der Waals surface area contributed by atoms with Crippen LogP contribution in [0.2, 0.25) is 0 Å². The normalized spacial score (nSPS) is 9.55. The molecular weight excluding hydrogens is 134 g/mol. The molecule has 0 spiro atoms. The Kier molecular flexibility index (Phi) is 2.32. The number of hydrogen-bond acceptors (Lipinski definition) is 1. The van der Waals surface area contributed by atoms with Gasteiger partial charge in [-0.2, -0.15) is 0 Å². The Morgan fingerprint density at radius 3 is 2.82 bits per heavy atom. The summed E-state index contributed by atoms with van der Waals surface area (Å²) in [6.07, 6.45) is 2.87. The molecule has 0 amide bonds. The van der Waals surface area contributed by atoms with Gasteiger partial charge in [-0.25, -0.2) is 0 Å². The molecule has 1 aromatic carbocycles. The molecule has 0 saturated carbocycles. The standard InChI is InChI=1S/C10H13N/c1-3-8-5-6-10(11)7-9(8)4-2/h3,5-7H,1,4,11H2,2H3. The van der Waals surface area contributed by atoms with Gasteiger partial charge in [0, 0.05) is 5.69 Å². The zero-order valence-corrected chi connectivity index (χ0v) is 6.80. The Bertz CT molecular complexity index is 264. The van der Waals surface area contributed by atoms with E-state index in [0.29, 0.717) is 0 Å². The second kappa shape index (κ2) is 3.24. The fraction of sp³-hybridized carbons (Fsp3) is 0.200. The minimum Gasteiger partial charge on any atom is -0.399 e. The average molecular weight is 147 g/mol. The number of benzene rings is 1. The summed E-state index contributed by atoms with van der Waals surface area (Å²) in [7, 11) is 0. The first-order valence-corrected chi connectivity index (χ1v) is 3.78. The van der Waals surface area contributed by atoms with E-state index in [1.807, 2.05) is 24.3 Å². The third-order valence-electron chi connectivity index (χ3n) is 1.77. The summed E-state index contributed by atoms with van der Waals surface area (Å²) >= 11 is 0. The molecule has 0 aromatic heterocycles. The van der Waals surface area contributed by atoms with Crippen LogP contribution < -0.4 is 5.73 Å². The molecule has 0 saturated heterocycles. The van der Waals surface area contributed by atoms with E-state index in [-0.39, 0.29) is 0 Å². The van der Waals surface area contributed by atoms with Crippen LogP contribution in [0.1, 0.15) is 18.1 Å². The topological polar surface area (TPSA) is 26.0 Å². The van der Waals surface area contributed by atoms with Crippen molar-refractivity contribution in [1.82, 2.24) is 0 Å². The van der Waals surface area contributed by atoms with E-state index >= 15 is 0 Å². The van der Waals surface area contributed by atoms with Crippen LogP contribution in [-0.4, -0.2) is 0 Å². The van der Waals surface area contributed by atoms with Crippen LogP contribution in [0.3, 0.4) is 0 Å². The lowest BCUT2D eigenvalue weighted by molar-refractivity contribution is 1.13. The first-order chi connectivity index (χ1) is 5.27. The van der Waals surface area contributed by atoms with E-state index < -0.39 is 0 Å². The minimum atomic E-state index is 0.826. The molecule has 58 valence electrons. The summed E-state index contributed by atoms with van der Waals surface area (Å²) in [5.74, 6) is 0. The molecule has 0 atom stereocenters. The van der Waals surface area contributed by atoms with Crippen molar-refractivity contribution in [3.8, 4) is 0 Å². The number of aryl methyl sites for hydroxylation is 1. The second-order valence-corrected chi connectivity index (χ2v) is 2.52. The highest BCUT2D eigenvalue weighted by Gasteiger charge is 1.95. The SMILES string of the molecule is C=Cc1ccc(N)cc1CC. The number of nitrogens with two attached hydrogens (primary N) is 1. The molecule has 0 unspecified atom stereocenters. The molecule has 1 aromatic rings. The molecule has 0 aliphatic rings. The van der Waals surface area contributed by atoms with Crippen molar-refractivity contribution in [3.05, 3.63) is 35.9 Å². The summed E-state index contributed by atoms with van der Waals surface area (Å²) in [6, 6.07) is 5.90. The maximum Gasteiger partial charge on any atom is 0.0317 e. The van der Waals surface area contributed by atoms with E-state index in [2.05, 4.69) is 13.5 Å². The van der Waals surface area contributed by atoms with Crippen LogP contribution >= 0.6 is 0 Å². The molecule has 1 heteroatoms. The van der Waals surface area contributed by atoms with Gasteiger partial charge in [0.15, 0.2) is 0 Å². The Balaban J connectivity index is 3.16. The zero-order chi connectivity index (χ0) is 8.27. The van der Waals surface area contributed by atoms with Gasteiger partial charge in [-0.15, -0.1) is 0 Å². The third-order valence-corrected chi connectivity index (χ3v) is 1.77. The first kappa shape index (κ1) is 7.86. The maximum absolute atomic E-state index is 5.62. The monoisotopic (exact) mass is 147 g/mol. The van der Waals surface area contributed by atoms with Gasteiger partial charge in [0.1, 0.15) is 0 Å². The Hall–Kier alpha value is -1.24. The van der Waals surface area contributed by atoms with E-state index in [0.717, 1.165) is 12.1 Å². The van der Waals surface area contributed by atoms with Crippen LogP contribution in [0.4, 0.5) is 5.69 Å². The molecule has 11 heavy (non-hydrogen) atoms. The quantitative estimate of drug-likeness (QED) is 0.639.